The molecule has 2 N–H and O–H groups in total. The third-order valence-corrected chi connectivity index (χ3v) is 5.23. The topological polar surface area (TPSA) is 65.5 Å². The van der Waals surface area contributed by atoms with Crippen LogP contribution >= 0.6 is 0 Å². The normalized spacial score (nSPS) is 15.6. The van der Waals surface area contributed by atoms with Crippen molar-refractivity contribution in [3.8, 4) is 11.3 Å². The molecular formula is C21H31N5O. The lowest BCUT2D eigenvalue weighted by Gasteiger charge is -2.24. The van der Waals surface area contributed by atoms with Gasteiger partial charge in [0, 0.05) is 33.9 Å². The summed E-state index contributed by atoms with van der Waals surface area (Å²) in [5.74, 6) is 1.83. The zero-order chi connectivity index (χ0) is 19.1. The highest BCUT2D eigenvalue weighted by molar-refractivity contribution is 5.79. The lowest BCUT2D eigenvalue weighted by atomic mass is 10.0. The molecule has 0 atom stereocenters. The maximum absolute atomic E-state index is 5.53. The molecule has 1 heterocycles. The first-order chi connectivity index (χ1) is 13.2. The number of nitrogens with zero attached hydrogens (tertiary/aromatic N) is 3. The van der Waals surface area contributed by atoms with Gasteiger partial charge < -0.3 is 19.9 Å². The average Bonchev–Trinajstić information content (AvgIpc) is 3.30. The van der Waals surface area contributed by atoms with E-state index in [9.17, 15) is 0 Å². The Hall–Kier alpha value is -2.34. The molecule has 1 aliphatic carbocycles. The summed E-state index contributed by atoms with van der Waals surface area (Å²) in [7, 11) is 3.87. The van der Waals surface area contributed by atoms with Crippen molar-refractivity contribution in [3.05, 3.63) is 42.4 Å². The first-order valence-corrected chi connectivity index (χ1v) is 9.74. The number of ether oxygens (including phenoxy) is 1. The van der Waals surface area contributed by atoms with Gasteiger partial charge in [0.15, 0.2) is 5.96 Å². The summed E-state index contributed by atoms with van der Waals surface area (Å²) < 4.78 is 5.53. The summed E-state index contributed by atoms with van der Waals surface area (Å²) >= 11 is 0. The number of benzene rings is 1. The van der Waals surface area contributed by atoms with Crippen LogP contribution in [0, 0.1) is 5.41 Å². The zero-order valence-corrected chi connectivity index (χ0v) is 16.7. The second kappa shape index (κ2) is 9.04. The maximum atomic E-state index is 5.53. The van der Waals surface area contributed by atoms with Crippen molar-refractivity contribution in [1.29, 1.82) is 0 Å². The summed E-state index contributed by atoms with van der Waals surface area (Å²) in [5.41, 5.74) is 2.57. The number of nitrogens with one attached hydrogen (secondary N) is 2. The molecule has 0 amide bonds. The number of rotatable bonds is 9. The minimum absolute atomic E-state index is 0.386. The second-order valence-corrected chi connectivity index (χ2v) is 7.31. The largest absolute Gasteiger partial charge is 0.382 e. The average molecular weight is 370 g/mol. The van der Waals surface area contributed by atoms with E-state index in [2.05, 4.69) is 37.3 Å². The maximum Gasteiger partial charge on any atom is 0.193 e. The van der Waals surface area contributed by atoms with E-state index in [1.54, 1.807) is 0 Å². The van der Waals surface area contributed by atoms with E-state index in [-0.39, 0.29) is 0 Å². The summed E-state index contributed by atoms with van der Waals surface area (Å²) in [5, 5.41) is 3.54. The molecule has 0 aliphatic heterocycles. The number of imidazole rings is 1. The van der Waals surface area contributed by atoms with E-state index in [1.807, 2.05) is 45.4 Å². The van der Waals surface area contributed by atoms with E-state index < -0.39 is 0 Å². The molecule has 146 valence electrons. The first-order valence-electron chi connectivity index (χ1n) is 9.74. The fourth-order valence-corrected chi connectivity index (χ4v) is 3.28. The summed E-state index contributed by atoms with van der Waals surface area (Å²) in [6, 6.07) is 10.3. The fraction of sp³-hybridized carbons (Fsp3) is 0.524. The Bertz CT molecular complexity index is 736. The van der Waals surface area contributed by atoms with Gasteiger partial charge in [0.1, 0.15) is 5.82 Å². The Morgan fingerprint density at radius 2 is 2.11 bits per heavy atom. The van der Waals surface area contributed by atoms with Gasteiger partial charge in [-0.1, -0.05) is 30.3 Å². The Morgan fingerprint density at radius 1 is 1.33 bits per heavy atom. The lowest BCUT2D eigenvalue weighted by molar-refractivity contribution is 0.128. The molecule has 6 nitrogen and oxygen atoms in total. The molecule has 1 aromatic carbocycles. The molecule has 0 unspecified atom stereocenters. The number of hydrogen-bond acceptors (Lipinski definition) is 3. The Labute approximate surface area is 162 Å². The SMILES string of the molecule is CCOCCC1(CNC(=NC)N(C)Cc2ncc(-c3ccccc3)[nH]2)CC1. The number of guanidine groups is 1. The Kier molecular flexibility index (Phi) is 6.50. The summed E-state index contributed by atoms with van der Waals surface area (Å²) in [6.45, 7) is 5.32. The van der Waals surface area contributed by atoms with Gasteiger partial charge in [0.2, 0.25) is 0 Å². The molecule has 1 saturated carbocycles. The van der Waals surface area contributed by atoms with Crippen molar-refractivity contribution in [2.45, 2.75) is 32.7 Å². The smallest absolute Gasteiger partial charge is 0.193 e. The Morgan fingerprint density at radius 3 is 2.78 bits per heavy atom. The summed E-state index contributed by atoms with van der Waals surface area (Å²) in [4.78, 5) is 14.5. The van der Waals surface area contributed by atoms with E-state index in [4.69, 9.17) is 4.74 Å². The number of aromatic amines is 1. The number of aromatic nitrogens is 2. The van der Waals surface area contributed by atoms with Crippen molar-refractivity contribution in [1.82, 2.24) is 20.2 Å². The number of hydrogen-bond donors (Lipinski definition) is 2. The van der Waals surface area contributed by atoms with Crippen LogP contribution in [-0.4, -0.2) is 54.7 Å². The van der Waals surface area contributed by atoms with Gasteiger partial charge in [-0.25, -0.2) is 4.98 Å². The minimum Gasteiger partial charge on any atom is -0.382 e. The van der Waals surface area contributed by atoms with E-state index in [1.165, 1.54) is 12.8 Å². The van der Waals surface area contributed by atoms with Crippen molar-refractivity contribution in [3.63, 3.8) is 0 Å². The van der Waals surface area contributed by atoms with E-state index >= 15 is 0 Å². The zero-order valence-electron chi connectivity index (χ0n) is 16.7. The van der Waals surface area contributed by atoms with Gasteiger partial charge in [0.05, 0.1) is 18.4 Å². The highest BCUT2D eigenvalue weighted by Gasteiger charge is 2.42. The number of aliphatic imine (C=N–C) groups is 1. The predicted octanol–water partition coefficient (Wildman–Crippen LogP) is 3.29. The quantitative estimate of drug-likeness (QED) is 0.404. The van der Waals surface area contributed by atoms with Crippen LogP contribution in [0.25, 0.3) is 11.3 Å². The monoisotopic (exact) mass is 369 g/mol. The van der Waals surface area contributed by atoms with Gasteiger partial charge in [-0.05, 0) is 37.2 Å². The fourth-order valence-electron chi connectivity index (χ4n) is 3.28. The van der Waals surface area contributed by atoms with Gasteiger partial charge >= 0.3 is 0 Å². The van der Waals surface area contributed by atoms with E-state index in [0.717, 1.165) is 49.2 Å². The molecule has 0 radical (unpaired) electrons. The molecule has 27 heavy (non-hydrogen) atoms. The molecule has 2 aromatic rings. The Balaban J connectivity index is 1.52. The van der Waals surface area contributed by atoms with Crippen molar-refractivity contribution < 1.29 is 4.74 Å². The molecule has 1 aromatic heterocycles. The van der Waals surface area contributed by atoms with E-state index in [0.29, 0.717) is 12.0 Å². The predicted molar refractivity (Wildman–Crippen MR) is 110 cm³/mol. The van der Waals surface area contributed by atoms with Crippen LogP contribution in [-0.2, 0) is 11.3 Å². The van der Waals surface area contributed by atoms with Crippen molar-refractivity contribution in [2.75, 3.05) is 33.9 Å². The van der Waals surface area contributed by atoms with Crippen LogP contribution in [0.3, 0.4) is 0 Å². The van der Waals surface area contributed by atoms with Crippen LogP contribution in [0.2, 0.25) is 0 Å². The van der Waals surface area contributed by atoms with Gasteiger partial charge in [0.25, 0.3) is 0 Å². The third-order valence-electron chi connectivity index (χ3n) is 5.23. The molecule has 3 rings (SSSR count). The standard InChI is InChI=1S/C21H31N5O/c1-4-27-13-12-21(10-11-21)16-24-20(22-2)26(3)15-19-23-14-18(25-19)17-8-6-5-7-9-17/h5-9,14H,4,10-13,15-16H2,1-3H3,(H,22,24)(H,23,25). The molecule has 6 heteroatoms. The van der Waals surface area contributed by atoms with Gasteiger partial charge in [-0.2, -0.15) is 0 Å². The number of H-pyrrole nitrogens is 1. The van der Waals surface area contributed by atoms with Gasteiger partial charge in [-0.3, -0.25) is 4.99 Å². The minimum atomic E-state index is 0.386. The molecule has 1 fully saturated rings. The van der Waals surface area contributed by atoms with Crippen LogP contribution in [0.4, 0.5) is 0 Å². The molecule has 0 bridgehead atoms. The molecular weight excluding hydrogens is 338 g/mol. The highest BCUT2D eigenvalue weighted by atomic mass is 16.5. The van der Waals surface area contributed by atoms with Crippen molar-refractivity contribution in [2.24, 2.45) is 10.4 Å². The summed E-state index contributed by atoms with van der Waals surface area (Å²) in [6.07, 6.45) is 5.55. The highest BCUT2D eigenvalue weighted by Crippen LogP contribution is 2.48. The van der Waals surface area contributed by atoms with Gasteiger partial charge in [-0.15, -0.1) is 0 Å². The van der Waals surface area contributed by atoms with Crippen LogP contribution < -0.4 is 5.32 Å². The lowest BCUT2D eigenvalue weighted by Crippen LogP contribution is -2.41. The molecule has 1 aliphatic rings. The van der Waals surface area contributed by atoms with Crippen molar-refractivity contribution >= 4 is 5.96 Å². The van der Waals surface area contributed by atoms with Crippen LogP contribution in [0.1, 0.15) is 32.0 Å². The molecule has 0 saturated heterocycles. The first kappa shape index (κ1) is 19.4. The molecule has 0 spiro atoms. The van der Waals surface area contributed by atoms with Crippen LogP contribution in [0.15, 0.2) is 41.5 Å². The second-order valence-electron chi connectivity index (χ2n) is 7.31. The van der Waals surface area contributed by atoms with Crippen LogP contribution in [0.5, 0.6) is 0 Å². The third kappa shape index (κ3) is 5.32.